The lowest BCUT2D eigenvalue weighted by Gasteiger charge is -2.41. The van der Waals surface area contributed by atoms with Gasteiger partial charge in [0, 0.05) is 49.0 Å². The van der Waals surface area contributed by atoms with Crippen LogP contribution in [0.15, 0.2) is 60.8 Å². The molecule has 0 amide bonds. The van der Waals surface area contributed by atoms with E-state index in [0.717, 1.165) is 17.7 Å². The van der Waals surface area contributed by atoms with Crippen molar-refractivity contribution in [2.24, 2.45) is 5.73 Å². The fraction of sp³-hybridized carbons (Fsp3) is 0.405. The normalized spacial score (nSPS) is 21.5. The van der Waals surface area contributed by atoms with Crippen molar-refractivity contribution < 1.29 is 32.9 Å². The van der Waals surface area contributed by atoms with Crippen molar-refractivity contribution in [3.8, 4) is 28.1 Å². The molecule has 0 unspecified atom stereocenters. The zero-order valence-electron chi connectivity index (χ0n) is 27.9. The van der Waals surface area contributed by atoms with Gasteiger partial charge < -0.3 is 24.2 Å². The quantitative estimate of drug-likeness (QED) is 0.222. The summed E-state index contributed by atoms with van der Waals surface area (Å²) in [5, 5.41) is 10.5. The summed E-state index contributed by atoms with van der Waals surface area (Å²) >= 11 is 0. The van der Waals surface area contributed by atoms with E-state index >= 15 is 4.39 Å². The van der Waals surface area contributed by atoms with E-state index in [1.807, 2.05) is 62.6 Å². The van der Waals surface area contributed by atoms with E-state index in [1.165, 1.54) is 0 Å². The molecular weight excluding hydrogens is 618 g/mol. The Hall–Kier alpha value is -4.32. The van der Waals surface area contributed by atoms with E-state index in [-0.39, 0.29) is 11.3 Å². The Bertz CT molecular complexity index is 1870. The predicted molar refractivity (Wildman–Crippen MR) is 180 cm³/mol. The second-order valence-electron chi connectivity index (χ2n) is 13.8. The topological polar surface area (TPSA) is 112 Å². The van der Waals surface area contributed by atoms with Crippen LogP contribution >= 0.6 is 0 Å². The number of benzene rings is 2. The molecule has 0 radical (unpaired) electrons. The number of rotatable bonds is 3. The molecule has 6 bridgehead atoms. The standard InChI is InChI=1S/C37H42F2N4O5/c1-22-17-30-41-27-21-43(30)34(31(22)33(35(44)45)48-36(2,3)4)42-14-12-37(5,13-15-42)46-16-7-6-11-29(40)47-28-20-25(38)19-26(39)32(28)24-10-8-9-23(27)18-24/h6-10,17-21,29,33H,11-16,40H2,1-5H3,(H,44,45)/b7-6+/t29-,33+/m1/s1. The number of hydrogen-bond donors (Lipinski definition) is 2. The molecule has 0 saturated carbocycles. The number of ether oxygens (including phenoxy) is 3. The van der Waals surface area contributed by atoms with Gasteiger partial charge in [0.05, 0.1) is 29.1 Å². The number of aromatic nitrogens is 2. The lowest BCUT2D eigenvalue weighted by atomic mass is 9.92. The van der Waals surface area contributed by atoms with Crippen LogP contribution in [0.25, 0.3) is 28.0 Å². The van der Waals surface area contributed by atoms with Crippen LogP contribution in [0, 0.1) is 18.6 Å². The van der Waals surface area contributed by atoms with Gasteiger partial charge in [-0.25, -0.2) is 18.6 Å². The minimum Gasteiger partial charge on any atom is -0.479 e. The summed E-state index contributed by atoms with van der Waals surface area (Å²) in [5.74, 6) is -1.96. The molecule has 3 aliphatic heterocycles. The van der Waals surface area contributed by atoms with Crippen LogP contribution < -0.4 is 15.4 Å². The molecule has 7 rings (SSSR count). The second-order valence-corrected chi connectivity index (χ2v) is 13.8. The highest BCUT2D eigenvalue weighted by molar-refractivity contribution is 5.80. The summed E-state index contributed by atoms with van der Waals surface area (Å²) in [5.41, 5.74) is 8.83. The van der Waals surface area contributed by atoms with Crippen molar-refractivity contribution in [2.75, 3.05) is 24.6 Å². The molecule has 11 heteroatoms. The van der Waals surface area contributed by atoms with E-state index in [9.17, 15) is 14.3 Å². The monoisotopic (exact) mass is 660 g/mol. The van der Waals surface area contributed by atoms with Crippen LogP contribution in [0.5, 0.6) is 5.75 Å². The van der Waals surface area contributed by atoms with Gasteiger partial charge in [0.2, 0.25) is 0 Å². The molecule has 3 N–H and O–H groups in total. The van der Waals surface area contributed by atoms with Crippen LogP contribution in [-0.4, -0.2) is 57.6 Å². The maximum atomic E-state index is 15.4. The van der Waals surface area contributed by atoms with Crippen molar-refractivity contribution in [2.45, 2.75) is 77.4 Å². The van der Waals surface area contributed by atoms with E-state index in [0.29, 0.717) is 72.8 Å². The third-order valence-electron chi connectivity index (χ3n) is 8.86. The minimum atomic E-state index is -1.23. The maximum Gasteiger partial charge on any atom is 0.337 e. The number of piperidine rings is 1. The fourth-order valence-electron chi connectivity index (χ4n) is 6.47. The van der Waals surface area contributed by atoms with Gasteiger partial charge in [-0.1, -0.05) is 30.4 Å². The lowest BCUT2D eigenvalue weighted by molar-refractivity contribution is -0.160. The van der Waals surface area contributed by atoms with Crippen molar-refractivity contribution in [3.05, 3.63) is 83.6 Å². The molecule has 3 aliphatic rings. The van der Waals surface area contributed by atoms with Gasteiger partial charge in [-0.3, -0.25) is 10.1 Å². The van der Waals surface area contributed by atoms with Crippen LogP contribution in [0.3, 0.4) is 0 Å². The Balaban J connectivity index is 1.56. The largest absolute Gasteiger partial charge is 0.479 e. The summed E-state index contributed by atoms with van der Waals surface area (Å²) in [6, 6.07) is 10.9. The van der Waals surface area contributed by atoms with Crippen molar-refractivity contribution in [1.82, 2.24) is 9.38 Å². The van der Waals surface area contributed by atoms with E-state index < -0.39 is 41.1 Å². The van der Waals surface area contributed by atoms with E-state index in [1.54, 1.807) is 18.2 Å². The Morgan fingerprint density at radius 3 is 2.56 bits per heavy atom. The number of carboxylic acids is 1. The molecule has 2 aromatic heterocycles. The Labute approximate surface area is 278 Å². The summed E-state index contributed by atoms with van der Waals surface area (Å²) in [6.07, 6.45) is 5.20. The molecule has 254 valence electrons. The third-order valence-corrected chi connectivity index (χ3v) is 8.86. The first kappa shape index (κ1) is 33.6. The summed E-state index contributed by atoms with van der Waals surface area (Å²) in [4.78, 5) is 19.9. The third kappa shape index (κ3) is 6.94. The van der Waals surface area contributed by atoms with Gasteiger partial charge in [0.25, 0.3) is 0 Å². The number of carboxylic acid groups (broad SMARTS) is 1. The van der Waals surface area contributed by atoms with E-state index in [2.05, 4.69) is 11.8 Å². The number of fused-ring (bicyclic) bond motifs is 7. The summed E-state index contributed by atoms with van der Waals surface area (Å²) < 4.78 is 50.2. The van der Waals surface area contributed by atoms with Crippen molar-refractivity contribution in [1.29, 1.82) is 0 Å². The van der Waals surface area contributed by atoms with Gasteiger partial charge in [-0.15, -0.1) is 0 Å². The molecule has 1 fully saturated rings. The molecule has 1 saturated heterocycles. The van der Waals surface area contributed by atoms with Crippen molar-refractivity contribution >= 4 is 17.4 Å². The lowest BCUT2D eigenvalue weighted by Crippen LogP contribution is -2.45. The molecular formula is C37H42F2N4O5. The molecule has 2 atom stereocenters. The van der Waals surface area contributed by atoms with Gasteiger partial charge in [0.1, 0.15) is 28.8 Å². The van der Waals surface area contributed by atoms with Crippen LogP contribution in [-0.2, 0) is 14.3 Å². The smallest absolute Gasteiger partial charge is 0.337 e. The number of aryl methyl sites for hydroxylation is 1. The summed E-state index contributed by atoms with van der Waals surface area (Å²) in [6.45, 7) is 11.0. The maximum absolute atomic E-state index is 15.4. The highest BCUT2D eigenvalue weighted by Gasteiger charge is 2.37. The highest BCUT2D eigenvalue weighted by Crippen LogP contribution is 2.40. The first-order valence-corrected chi connectivity index (χ1v) is 16.2. The number of anilines is 1. The zero-order chi connectivity index (χ0) is 34.4. The van der Waals surface area contributed by atoms with Gasteiger partial charge in [0.15, 0.2) is 12.3 Å². The molecule has 0 spiro atoms. The number of nitrogens with two attached hydrogens (primary N) is 1. The van der Waals surface area contributed by atoms with Crippen LogP contribution in [0.4, 0.5) is 14.6 Å². The number of nitrogens with zero attached hydrogens (tertiary/aromatic N) is 3. The van der Waals surface area contributed by atoms with E-state index in [4.69, 9.17) is 24.9 Å². The summed E-state index contributed by atoms with van der Waals surface area (Å²) in [7, 11) is 0. The molecule has 2 aromatic carbocycles. The van der Waals surface area contributed by atoms with Gasteiger partial charge in [-0.2, -0.15) is 0 Å². The number of aliphatic carboxylic acids is 1. The average molecular weight is 661 g/mol. The Morgan fingerprint density at radius 1 is 1.12 bits per heavy atom. The number of pyridine rings is 1. The molecule has 4 aromatic rings. The number of halogens is 2. The minimum absolute atomic E-state index is 0.00931. The number of hydrogen-bond acceptors (Lipinski definition) is 7. The van der Waals surface area contributed by atoms with Crippen LogP contribution in [0.2, 0.25) is 0 Å². The first-order chi connectivity index (χ1) is 22.7. The number of imidazole rings is 1. The first-order valence-electron chi connectivity index (χ1n) is 16.2. The molecule has 9 nitrogen and oxygen atoms in total. The highest BCUT2D eigenvalue weighted by atomic mass is 19.1. The Morgan fingerprint density at radius 2 is 1.85 bits per heavy atom. The van der Waals surface area contributed by atoms with Crippen LogP contribution in [0.1, 0.15) is 64.2 Å². The van der Waals surface area contributed by atoms with Gasteiger partial charge in [-0.05, 0) is 70.7 Å². The van der Waals surface area contributed by atoms with Gasteiger partial charge >= 0.3 is 5.97 Å². The SMILES string of the molecule is Cc1cc2nc3cn2c(c1[C@H](OC(C)(C)C)C(=O)O)N1CCC(C)(CC1)OC/C=C/C[C@H](N)Oc1cc(F)cc(F)c1-c1cccc-3c1. The molecule has 5 heterocycles. The average Bonchev–Trinajstić information content (AvgIpc) is 3.42. The molecule has 48 heavy (non-hydrogen) atoms. The molecule has 0 aliphatic carbocycles. The zero-order valence-corrected chi connectivity index (χ0v) is 27.9. The Kier molecular flexibility index (Phi) is 9.06. The predicted octanol–water partition coefficient (Wildman–Crippen LogP) is 7.19. The fourth-order valence-corrected chi connectivity index (χ4v) is 6.47. The number of carbonyl (C=O) groups is 1. The van der Waals surface area contributed by atoms with Crippen molar-refractivity contribution in [3.63, 3.8) is 0 Å². The second kappa shape index (κ2) is 12.9.